The highest BCUT2D eigenvalue weighted by Crippen LogP contribution is 2.25. The lowest BCUT2D eigenvalue weighted by atomic mass is 10.00. The minimum atomic E-state index is 0.162. The van der Waals surface area contributed by atoms with Crippen LogP contribution >= 0.6 is 11.6 Å². The third kappa shape index (κ3) is 1.42. The molecular weight excluding hydrogens is 186 g/mol. The SMILES string of the molecule is CN1Cc2c(Cl)cccc2CC1=O. The van der Waals surface area contributed by atoms with Gasteiger partial charge >= 0.3 is 0 Å². The van der Waals surface area contributed by atoms with Crippen LogP contribution in [-0.2, 0) is 17.8 Å². The summed E-state index contributed by atoms with van der Waals surface area (Å²) < 4.78 is 0. The number of benzene rings is 1. The third-order valence-corrected chi connectivity index (χ3v) is 2.73. The number of likely N-dealkylation sites (N-methyl/N-ethyl adjacent to an activating group) is 1. The molecule has 0 saturated heterocycles. The number of rotatable bonds is 0. The Labute approximate surface area is 82.1 Å². The molecule has 1 aromatic rings. The standard InChI is InChI=1S/C10H10ClNO/c1-12-6-8-7(5-10(12)13)3-2-4-9(8)11/h2-4H,5-6H2,1H3. The molecule has 1 heterocycles. The highest BCUT2D eigenvalue weighted by Gasteiger charge is 2.20. The number of halogens is 1. The summed E-state index contributed by atoms with van der Waals surface area (Å²) in [4.78, 5) is 13.1. The molecule has 1 aliphatic heterocycles. The highest BCUT2D eigenvalue weighted by molar-refractivity contribution is 6.31. The molecule has 0 unspecified atom stereocenters. The first kappa shape index (κ1) is 8.57. The van der Waals surface area contributed by atoms with Crippen LogP contribution in [0.3, 0.4) is 0 Å². The Morgan fingerprint density at radius 2 is 2.23 bits per heavy atom. The molecule has 2 rings (SSSR count). The predicted molar refractivity (Wildman–Crippen MR) is 51.6 cm³/mol. The summed E-state index contributed by atoms with van der Waals surface area (Å²) in [5, 5.41) is 0.761. The van der Waals surface area contributed by atoms with Crippen molar-refractivity contribution < 1.29 is 4.79 Å². The predicted octanol–water partition coefficient (Wildman–Crippen LogP) is 1.85. The fraction of sp³-hybridized carbons (Fsp3) is 0.300. The Morgan fingerprint density at radius 3 is 3.00 bits per heavy atom. The molecule has 0 aromatic heterocycles. The molecule has 68 valence electrons. The molecule has 0 saturated carbocycles. The number of hydrogen-bond acceptors (Lipinski definition) is 1. The Bertz CT molecular complexity index is 362. The molecule has 13 heavy (non-hydrogen) atoms. The topological polar surface area (TPSA) is 20.3 Å². The van der Waals surface area contributed by atoms with Crippen LogP contribution in [0.2, 0.25) is 5.02 Å². The molecule has 1 aromatic carbocycles. The molecule has 2 nitrogen and oxygen atoms in total. The fourth-order valence-electron chi connectivity index (χ4n) is 1.57. The van der Waals surface area contributed by atoms with Gasteiger partial charge in [-0.1, -0.05) is 23.7 Å². The summed E-state index contributed by atoms with van der Waals surface area (Å²) >= 11 is 6.02. The van der Waals surface area contributed by atoms with Crippen LogP contribution in [0.25, 0.3) is 0 Å². The van der Waals surface area contributed by atoms with Crippen LogP contribution < -0.4 is 0 Å². The van der Waals surface area contributed by atoms with E-state index in [9.17, 15) is 4.79 Å². The monoisotopic (exact) mass is 195 g/mol. The van der Waals surface area contributed by atoms with E-state index < -0.39 is 0 Å². The number of carbonyl (C=O) groups excluding carboxylic acids is 1. The van der Waals surface area contributed by atoms with E-state index in [-0.39, 0.29) is 5.91 Å². The van der Waals surface area contributed by atoms with Gasteiger partial charge in [0.25, 0.3) is 0 Å². The summed E-state index contributed by atoms with van der Waals surface area (Å²) in [5.74, 6) is 0.162. The van der Waals surface area contributed by atoms with E-state index in [2.05, 4.69) is 0 Å². The van der Waals surface area contributed by atoms with Crippen LogP contribution in [0.15, 0.2) is 18.2 Å². The average molecular weight is 196 g/mol. The summed E-state index contributed by atoms with van der Waals surface area (Å²) in [6, 6.07) is 5.72. The van der Waals surface area contributed by atoms with Crippen LogP contribution in [0.4, 0.5) is 0 Å². The van der Waals surface area contributed by atoms with Gasteiger partial charge in [-0.25, -0.2) is 0 Å². The van der Waals surface area contributed by atoms with Gasteiger partial charge in [-0.3, -0.25) is 4.79 Å². The molecule has 0 radical (unpaired) electrons. The summed E-state index contributed by atoms with van der Waals surface area (Å²) in [7, 11) is 1.80. The van der Waals surface area contributed by atoms with Crippen LogP contribution in [-0.4, -0.2) is 17.9 Å². The van der Waals surface area contributed by atoms with E-state index in [0.29, 0.717) is 13.0 Å². The first-order chi connectivity index (χ1) is 6.18. The number of hydrogen-bond donors (Lipinski definition) is 0. The van der Waals surface area contributed by atoms with E-state index >= 15 is 0 Å². The second-order valence-corrected chi connectivity index (χ2v) is 3.71. The zero-order chi connectivity index (χ0) is 9.42. The van der Waals surface area contributed by atoms with Crippen LogP contribution in [0.5, 0.6) is 0 Å². The number of nitrogens with zero attached hydrogens (tertiary/aromatic N) is 1. The first-order valence-electron chi connectivity index (χ1n) is 4.18. The largest absolute Gasteiger partial charge is 0.341 e. The number of amides is 1. The second-order valence-electron chi connectivity index (χ2n) is 3.30. The Hall–Kier alpha value is -1.02. The minimum Gasteiger partial charge on any atom is -0.341 e. The summed E-state index contributed by atoms with van der Waals surface area (Å²) in [5.41, 5.74) is 2.15. The number of fused-ring (bicyclic) bond motifs is 1. The molecule has 0 N–H and O–H groups in total. The molecule has 1 amide bonds. The molecule has 0 aliphatic carbocycles. The number of carbonyl (C=O) groups is 1. The van der Waals surface area contributed by atoms with Gasteiger partial charge in [-0.15, -0.1) is 0 Å². The van der Waals surface area contributed by atoms with Crippen molar-refractivity contribution in [2.75, 3.05) is 7.05 Å². The molecule has 1 aliphatic rings. The van der Waals surface area contributed by atoms with Gasteiger partial charge < -0.3 is 4.90 Å². The van der Waals surface area contributed by atoms with Gasteiger partial charge in [0.2, 0.25) is 5.91 Å². The average Bonchev–Trinajstić information content (AvgIpc) is 2.09. The van der Waals surface area contributed by atoms with Crippen LogP contribution in [0, 0.1) is 0 Å². The summed E-state index contributed by atoms with van der Waals surface area (Å²) in [6.07, 6.45) is 0.479. The molecular formula is C10H10ClNO. The van der Waals surface area contributed by atoms with E-state index in [4.69, 9.17) is 11.6 Å². The second kappa shape index (κ2) is 3.04. The first-order valence-corrected chi connectivity index (χ1v) is 4.56. The van der Waals surface area contributed by atoms with Crippen molar-refractivity contribution in [3.63, 3.8) is 0 Å². The third-order valence-electron chi connectivity index (χ3n) is 2.38. The van der Waals surface area contributed by atoms with Crippen molar-refractivity contribution in [1.82, 2.24) is 4.90 Å². The lowest BCUT2D eigenvalue weighted by molar-refractivity contribution is -0.130. The Morgan fingerprint density at radius 1 is 1.46 bits per heavy atom. The van der Waals surface area contributed by atoms with Gasteiger partial charge in [0.1, 0.15) is 0 Å². The lowest BCUT2D eigenvalue weighted by Gasteiger charge is -2.25. The van der Waals surface area contributed by atoms with Gasteiger partial charge in [0.15, 0.2) is 0 Å². The van der Waals surface area contributed by atoms with E-state index in [1.165, 1.54) is 0 Å². The van der Waals surface area contributed by atoms with E-state index in [1.807, 2.05) is 18.2 Å². The van der Waals surface area contributed by atoms with Gasteiger partial charge in [0.05, 0.1) is 6.42 Å². The van der Waals surface area contributed by atoms with Gasteiger partial charge in [-0.05, 0) is 17.2 Å². The Kier molecular flexibility index (Phi) is 2.00. The maximum absolute atomic E-state index is 11.4. The molecule has 0 spiro atoms. The molecule has 0 bridgehead atoms. The van der Waals surface area contributed by atoms with Crippen molar-refractivity contribution in [3.8, 4) is 0 Å². The van der Waals surface area contributed by atoms with Crippen molar-refractivity contribution in [2.45, 2.75) is 13.0 Å². The zero-order valence-corrected chi connectivity index (χ0v) is 8.14. The summed E-state index contributed by atoms with van der Waals surface area (Å²) in [6.45, 7) is 0.633. The van der Waals surface area contributed by atoms with Crippen molar-refractivity contribution in [1.29, 1.82) is 0 Å². The van der Waals surface area contributed by atoms with Crippen molar-refractivity contribution >= 4 is 17.5 Å². The smallest absolute Gasteiger partial charge is 0.227 e. The minimum absolute atomic E-state index is 0.162. The van der Waals surface area contributed by atoms with Crippen molar-refractivity contribution in [3.05, 3.63) is 34.3 Å². The van der Waals surface area contributed by atoms with Crippen molar-refractivity contribution in [2.24, 2.45) is 0 Å². The van der Waals surface area contributed by atoms with Gasteiger partial charge in [-0.2, -0.15) is 0 Å². The lowest BCUT2D eigenvalue weighted by Crippen LogP contribution is -2.32. The normalized spacial score (nSPS) is 15.8. The molecule has 0 fully saturated rings. The van der Waals surface area contributed by atoms with Gasteiger partial charge in [0, 0.05) is 18.6 Å². The maximum Gasteiger partial charge on any atom is 0.227 e. The molecule has 0 atom stereocenters. The van der Waals surface area contributed by atoms with Crippen LogP contribution in [0.1, 0.15) is 11.1 Å². The van der Waals surface area contributed by atoms with E-state index in [0.717, 1.165) is 16.1 Å². The Balaban J connectivity index is 2.48. The fourth-order valence-corrected chi connectivity index (χ4v) is 1.82. The highest BCUT2D eigenvalue weighted by atomic mass is 35.5. The quantitative estimate of drug-likeness (QED) is 0.619. The molecule has 3 heteroatoms. The maximum atomic E-state index is 11.4. The van der Waals surface area contributed by atoms with E-state index in [1.54, 1.807) is 11.9 Å². The zero-order valence-electron chi connectivity index (χ0n) is 7.38.